The normalized spacial score (nSPS) is 26.1. The summed E-state index contributed by atoms with van der Waals surface area (Å²) in [4.78, 5) is 21.4. The molecule has 2 aromatic heterocycles. The van der Waals surface area contributed by atoms with Crippen LogP contribution in [0.25, 0.3) is 27.9 Å². The molecule has 2 fully saturated rings. The number of benzene rings is 1. The van der Waals surface area contributed by atoms with Crippen LogP contribution in [0.15, 0.2) is 42.5 Å². The zero-order chi connectivity index (χ0) is 24.1. The van der Waals surface area contributed by atoms with Crippen LogP contribution in [0.2, 0.25) is 5.02 Å². The van der Waals surface area contributed by atoms with E-state index in [1.54, 1.807) is 6.92 Å². The number of aromatic amines is 1. The minimum atomic E-state index is -0.615. The molecule has 0 radical (unpaired) electrons. The lowest BCUT2D eigenvalue weighted by molar-refractivity contribution is -0.128. The monoisotopic (exact) mass is 495 g/mol. The quantitative estimate of drug-likeness (QED) is 0.575. The van der Waals surface area contributed by atoms with Gasteiger partial charge >= 0.3 is 0 Å². The Morgan fingerprint density at radius 3 is 2.69 bits per heavy atom. The van der Waals surface area contributed by atoms with Gasteiger partial charge in [0, 0.05) is 31.6 Å². The van der Waals surface area contributed by atoms with Crippen LogP contribution in [0.4, 0.5) is 0 Å². The number of aromatic nitrogens is 2. The van der Waals surface area contributed by atoms with E-state index in [0.717, 1.165) is 35.1 Å². The van der Waals surface area contributed by atoms with Crippen LogP contribution in [0.5, 0.6) is 5.88 Å². The number of nitrogens with one attached hydrogen (secondary N) is 1. The van der Waals surface area contributed by atoms with Gasteiger partial charge in [-0.15, -0.1) is 0 Å². The van der Waals surface area contributed by atoms with E-state index in [-0.39, 0.29) is 30.8 Å². The number of halogens is 1. The van der Waals surface area contributed by atoms with Gasteiger partial charge in [0.15, 0.2) is 12.0 Å². The Labute approximate surface area is 207 Å². The topological polar surface area (TPSA) is 96.9 Å². The molecule has 8 nitrogen and oxygen atoms in total. The second-order valence-electron chi connectivity index (χ2n) is 9.23. The van der Waals surface area contributed by atoms with Crippen molar-refractivity contribution in [2.24, 2.45) is 0 Å². The number of pyridine rings is 1. The van der Waals surface area contributed by atoms with E-state index in [1.807, 2.05) is 29.2 Å². The maximum atomic E-state index is 11.6. The lowest BCUT2D eigenvalue weighted by Gasteiger charge is -2.25. The van der Waals surface area contributed by atoms with Crippen molar-refractivity contribution in [3.05, 3.63) is 53.1 Å². The van der Waals surface area contributed by atoms with Crippen LogP contribution in [-0.4, -0.2) is 76.6 Å². The van der Waals surface area contributed by atoms with E-state index < -0.39 is 6.10 Å². The summed E-state index contributed by atoms with van der Waals surface area (Å²) in [7, 11) is 0. The molecule has 3 aliphatic rings. The summed E-state index contributed by atoms with van der Waals surface area (Å²) in [5.41, 5.74) is 5.52. The number of H-pyrrole nitrogens is 1. The van der Waals surface area contributed by atoms with Gasteiger partial charge in [0.2, 0.25) is 5.91 Å². The Hall–Kier alpha value is -2.91. The SMILES string of the molecule is CC(=O)N1CC=C(c2ccc(-c3nc4cc(O[C@@H]5COC6C5OC[C@H]6O)[nH]c4cc3Cl)cc2)CC1. The lowest BCUT2D eigenvalue weighted by atomic mass is 9.97. The number of carbonyl (C=O) groups excluding carboxylic acids is 1. The number of aliphatic hydroxyl groups is 1. The van der Waals surface area contributed by atoms with Gasteiger partial charge in [-0.3, -0.25) is 4.79 Å². The second kappa shape index (κ2) is 8.95. The predicted octanol–water partition coefficient (Wildman–Crippen LogP) is 3.42. The molecule has 6 rings (SSSR count). The third-order valence-electron chi connectivity index (χ3n) is 6.97. The molecule has 3 aromatic rings. The number of hydrogen-bond donors (Lipinski definition) is 2. The molecule has 9 heteroatoms. The molecule has 1 aromatic carbocycles. The molecule has 0 spiro atoms. The standard InChI is InChI=1S/C26H26ClN3O5/c1-14(31)30-8-6-16(7-9-30)15-2-4-17(5-3-15)24-18(27)10-19-20(29-24)11-23(28-19)35-22-13-34-25-21(32)12-33-26(22)25/h2-6,10-11,21-22,25-26,28,32H,7-9,12-13H2,1H3/t21-,22-,25?,26?/m1/s1. The highest BCUT2D eigenvalue weighted by atomic mass is 35.5. The number of amides is 1. The summed E-state index contributed by atoms with van der Waals surface area (Å²) in [6.07, 6.45) is 1.41. The molecular weight excluding hydrogens is 470 g/mol. The Morgan fingerprint density at radius 2 is 1.94 bits per heavy atom. The van der Waals surface area contributed by atoms with Gasteiger partial charge in [-0.2, -0.15) is 0 Å². The van der Waals surface area contributed by atoms with Crippen molar-refractivity contribution in [1.29, 1.82) is 0 Å². The third-order valence-corrected chi connectivity index (χ3v) is 7.26. The van der Waals surface area contributed by atoms with E-state index in [0.29, 0.717) is 29.7 Å². The maximum Gasteiger partial charge on any atom is 0.219 e. The molecule has 1 amide bonds. The van der Waals surface area contributed by atoms with Crippen molar-refractivity contribution in [2.75, 3.05) is 26.3 Å². The molecule has 2 saturated heterocycles. The minimum Gasteiger partial charge on any atom is -0.470 e. The molecule has 182 valence electrons. The zero-order valence-corrected chi connectivity index (χ0v) is 20.0. The first-order chi connectivity index (χ1) is 17.0. The number of ether oxygens (including phenoxy) is 3. The molecular formula is C26H26ClN3O5. The summed E-state index contributed by atoms with van der Waals surface area (Å²) in [6.45, 7) is 3.61. The summed E-state index contributed by atoms with van der Waals surface area (Å²) >= 11 is 6.60. The Morgan fingerprint density at radius 1 is 1.17 bits per heavy atom. The molecule has 5 heterocycles. The first kappa shape index (κ1) is 22.5. The van der Waals surface area contributed by atoms with Crippen molar-refractivity contribution in [1.82, 2.24) is 14.9 Å². The van der Waals surface area contributed by atoms with E-state index in [9.17, 15) is 9.90 Å². The first-order valence-electron chi connectivity index (χ1n) is 11.8. The average molecular weight is 496 g/mol. The Bertz CT molecular complexity index is 1300. The molecule has 0 saturated carbocycles. The average Bonchev–Trinajstić information content (AvgIpc) is 3.55. The molecule has 4 atom stereocenters. The van der Waals surface area contributed by atoms with Gasteiger partial charge in [0.1, 0.15) is 18.3 Å². The van der Waals surface area contributed by atoms with Crippen LogP contribution >= 0.6 is 11.6 Å². The fraction of sp³-hybridized carbons (Fsp3) is 0.385. The Kier molecular flexibility index (Phi) is 5.76. The molecule has 0 aliphatic carbocycles. The van der Waals surface area contributed by atoms with Crippen LogP contribution in [0.3, 0.4) is 0 Å². The number of carbonyl (C=O) groups is 1. The molecule has 35 heavy (non-hydrogen) atoms. The van der Waals surface area contributed by atoms with Crippen LogP contribution in [0, 0.1) is 0 Å². The zero-order valence-electron chi connectivity index (χ0n) is 19.2. The first-order valence-corrected chi connectivity index (χ1v) is 12.2. The van der Waals surface area contributed by atoms with E-state index in [1.165, 1.54) is 5.57 Å². The van der Waals surface area contributed by atoms with Crippen LogP contribution in [0.1, 0.15) is 18.9 Å². The number of fused-ring (bicyclic) bond motifs is 2. The number of hydrogen-bond acceptors (Lipinski definition) is 6. The lowest BCUT2D eigenvalue weighted by Crippen LogP contribution is -2.34. The molecule has 2 unspecified atom stereocenters. The largest absolute Gasteiger partial charge is 0.470 e. The van der Waals surface area contributed by atoms with Crippen molar-refractivity contribution in [3.8, 4) is 17.1 Å². The minimum absolute atomic E-state index is 0.108. The van der Waals surface area contributed by atoms with Crippen molar-refractivity contribution in [3.63, 3.8) is 0 Å². The van der Waals surface area contributed by atoms with Gasteiger partial charge in [-0.1, -0.05) is 41.9 Å². The number of nitrogens with zero attached hydrogens (tertiary/aromatic N) is 2. The Balaban J connectivity index is 1.21. The fourth-order valence-corrected chi connectivity index (χ4v) is 5.30. The predicted molar refractivity (Wildman–Crippen MR) is 131 cm³/mol. The van der Waals surface area contributed by atoms with Crippen LogP contribution in [-0.2, 0) is 14.3 Å². The van der Waals surface area contributed by atoms with Crippen molar-refractivity contribution >= 4 is 34.1 Å². The second-order valence-corrected chi connectivity index (χ2v) is 9.63. The molecule has 3 aliphatic heterocycles. The highest BCUT2D eigenvalue weighted by Gasteiger charge is 2.48. The summed E-state index contributed by atoms with van der Waals surface area (Å²) < 4.78 is 17.4. The highest BCUT2D eigenvalue weighted by Crippen LogP contribution is 2.34. The van der Waals surface area contributed by atoms with E-state index in [4.69, 9.17) is 30.8 Å². The fourth-order valence-electron chi connectivity index (χ4n) is 5.04. The van der Waals surface area contributed by atoms with Crippen LogP contribution < -0.4 is 4.74 Å². The van der Waals surface area contributed by atoms with Crippen molar-refractivity contribution < 1.29 is 24.1 Å². The molecule has 2 N–H and O–H groups in total. The third kappa shape index (κ3) is 4.21. The van der Waals surface area contributed by atoms with Gasteiger partial charge in [-0.25, -0.2) is 4.98 Å². The number of rotatable bonds is 4. The van der Waals surface area contributed by atoms with E-state index in [2.05, 4.69) is 23.2 Å². The summed E-state index contributed by atoms with van der Waals surface area (Å²) in [5, 5.41) is 10.5. The van der Waals surface area contributed by atoms with E-state index >= 15 is 0 Å². The van der Waals surface area contributed by atoms with Crippen molar-refractivity contribution in [2.45, 2.75) is 37.8 Å². The van der Waals surface area contributed by atoms with Gasteiger partial charge in [0.25, 0.3) is 0 Å². The maximum absolute atomic E-state index is 11.6. The summed E-state index contributed by atoms with van der Waals surface area (Å²) in [5.74, 6) is 0.663. The van der Waals surface area contributed by atoms with Gasteiger partial charge in [0.05, 0.1) is 35.0 Å². The molecule has 0 bridgehead atoms. The van der Waals surface area contributed by atoms with Gasteiger partial charge in [-0.05, 0) is 23.6 Å². The number of aliphatic hydroxyl groups excluding tert-OH is 1. The smallest absolute Gasteiger partial charge is 0.219 e. The highest BCUT2D eigenvalue weighted by molar-refractivity contribution is 6.33. The summed E-state index contributed by atoms with van der Waals surface area (Å²) in [6, 6.07) is 11.9. The van der Waals surface area contributed by atoms with Gasteiger partial charge < -0.3 is 29.2 Å².